The van der Waals surface area contributed by atoms with Crippen molar-refractivity contribution in [3.05, 3.63) is 70.8 Å². The number of alkyl halides is 2. The van der Waals surface area contributed by atoms with Gasteiger partial charge >= 0.3 is 17.9 Å². The van der Waals surface area contributed by atoms with Crippen molar-refractivity contribution in [2.24, 2.45) is 0 Å². The predicted octanol–water partition coefficient (Wildman–Crippen LogP) is 3.79. The van der Waals surface area contributed by atoms with E-state index in [-0.39, 0.29) is 12.2 Å². The first-order valence-corrected chi connectivity index (χ1v) is 9.54. The Kier molecular flexibility index (Phi) is 6.15. The van der Waals surface area contributed by atoms with Crippen LogP contribution in [0, 0.1) is 13.8 Å². The first-order chi connectivity index (χ1) is 13.7. The second kappa shape index (κ2) is 8.43. The number of esters is 3. The minimum atomic E-state index is -2.11. The molecule has 0 aromatic heterocycles. The van der Waals surface area contributed by atoms with Crippen molar-refractivity contribution in [1.82, 2.24) is 0 Å². The molecule has 0 unspecified atom stereocenters. The number of carbonyl (C=O) groups is 3. The van der Waals surface area contributed by atoms with Crippen LogP contribution < -0.4 is 0 Å². The summed E-state index contributed by atoms with van der Waals surface area (Å²) in [5.74, 6) is -2.32. The van der Waals surface area contributed by atoms with Gasteiger partial charge in [-0.3, -0.25) is 0 Å². The maximum Gasteiger partial charge on any atom is 0.347 e. The summed E-state index contributed by atoms with van der Waals surface area (Å²) in [7, 11) is 0. The molecule has 3 rings (SSSR count). The van der Waals surface area contributed by atoms with E-state index in [1.807, 2.05) is 13.8 Å². The largest absolute Gasteiger partial charge is 0.458 e. The highest BCUT2D eigenvalue weighted by Crippen LogP contribution is 2.39. The molecule has 2 aromatic rings. The molecule has 29 heavy (non-hydrogen) atoms. The second-order valence-corrected chi connectivity index (χ2v) is 8.11. The topological polar surface area (TPSA) is 78.9 Å². The van der Waals surface area contributed by atoms with E-state index in [1.54, 1.807) is 48.5 Å². The highest BCUT2D eigenvalue weighted by Gasteiger charge is 2.59. The van der Waals surface area contributed by atoms with E-state index < -0.39 is 34.4 Å². The van der Waals surface area contributed by atoms with E-state index in [2.05, 4.69) is 0 Å². The first kappa shape index (κ1) is 21.1. The molecule has 1 fully saturated rings. The maximum absolute atomic E-state index is 12.4. The van der Waals surface area contributed by atoms with Crippen molar-refractivity contribution in [3.63, 3.8) is 0 Å². The van der Waals surface area contributed by atoms with Gasteiger partial charge in [-0.1, -0.05) is 58.6 Å². The lowest BCUT2D eigenvalue weighted by molar-refractivity contribution is -0.143. The Labute approximate surface area is 177 Å². The summed E-state index contributed by atoms with van der Waals surface area (Å²) in [6.07, 6.45) is -2.49. The van der Waals surface area contributed by atoms with Crippen molar-refractivity contribution in [1.29, 1.82) is 0 Å². The molecule has 0 saturated carbocycles. The van der Waals surface area contributed by atoms with Gasteiger partial charge in [-0.25, -0.2) is 14.4 Å². The summed E-state index contributed by atoms with van der Waals surface area (Å²) >= 11 is 12.1. The molecule has 0 amide bonds. The fourth-order valence-corrected chi connectivity index (χ4v) is 3.16. The number of hydrogen-bond acceptors (Lipinski definition) is 6. The zero-order valence-corrected chi connectivity index (χ0v) is 17.2. The molecule has 1 heterocycles. The molecule has 0 N–H and O–H groups in total. The summed E-state index contributed by atoms with van der Waals surface area (Å²) in [6, 6.07) is 13.4. The van der Waals surface area contributed by atoms with Gasteiger partial charge in [0.1, 0.15) is 6.61 Å². The molecule has 2 aromatic carbocycles. The molecule has 8 heteroatoms. The van der Waals surface area contributed by atoms with Crippen molar-refractivity contribution < 1.29 is 28.6 Å². The summed E-state index contributed by atoms with van der Waals surface area (Å²) in [6.45, 7) is 3.39. The highest BCUT2D eigenvalue weighted by molar-refractivity contribution is 6.58. The van der Waals surface area contributed by atoms with E-state index in [9.17, 15) is 14.4 Å². The molecular weight excluding hydrogens is 419 g/mol. The van der Waals surface area contributed by atoms with Crippen LogP contribution in [0.3, 0.4) is 0 Å². The number of carbonyl (C=O) groups excluding carboxylic acids is 3. The molecule has 0 aliphatic carbocycles. The summed E-state index contributed by atoms with van der Waals surface area (Å²) in [5.41, 5.74) is 2.54. The number of benzene rings is 2. The SMILES string of the molecule is Cc1ccc(C(=O)OC[C@H]2OC(=O)C(Cl)(Cl)[C@@H]2OC(=O)c2ccc(C)cc2)cc1. The fraction of sp³-hybridized carbons (Fsp3) is 0.286. The van der Waals surface area contributed by atoms with E-state index >= 15 is 0 Å². The van der Waals surface area contributed by atoms with Crippen LogP contribution in [0.1, 0.15) is 31.8 Å². The number of rotatable bonds is 5. The molecular formula is C21H18Cl2O6. The Balaban J connectivity index is 1.70. The van der Waals surface area contributed by atoms with Crippen LogP contribution in [0.2, 0.25) is 0 Å². The number of hydrogen-bond donors (Lipinski definition) is 0. The lowest BCUT2D eigenvalue weighted by Gasteiger charge is -2.22. The van der Waals surface area contributed by atoms with Crippen LogP contribution >= 0.6 is 23.2 Å². The van der Waals surface area contributed by atoms with Crippen LogP contribution in [-0.2, 0) is 19.0 Å². The van der Waals surface area contributed by atoms with Crippen molar-refractivity contribution in [2.75, 3.05) is 6.61 Å². The minimum Gasteiger partial charge on any atom is -0.458 e. The first-order valence-electron chi connectivity index (χ1n) is 8.79. The molecule has 2 atom stereocenters. The van der Waals surface area contributed by atoms with Gasteiger partial charge in [0.15, 0.2) is 12.2 Å². The van der Waals surface area contributed by atoms with Gasteiger partial charge in [0.25, 0.3) is 4.33 Å². The lowest BCUT2D eigenvalue weighted by Crippen LogP contribution is -2.41. The Hall–Kier alpha value is -2.57. The van der Waals surface area contributed by atoms with Crippen LogP contribution in [0.25, 0.3) is 0 Å². The van der Waals surface area contributed by atoms with E-state index in [0.29, 0.717) is 5.56 Å². The Morgan fingerprint density at radius 2 is 1.41 bits per heavy atom. The standard InChI is InChI=1S/C21H18Cl2O6/c1-12-3-7-14(8-4-12)18(24)27-11-16-17(21(22,23)20(26)28-16)29-19(25)15-9-5-13(2)6-10-15/h3-10,16-17H,11H2,1-2H3/t16-,17-/m1/s1. The Bertz CT molecular complexity index is 921. The van der Waals surface area contributed by atoms with Gasteiger partial charge in [-0.05, 0) is 38.1 Å². The van der Waals surface area contributed by atoms with Gasteiger partial charge < -0.3 is 14.2 Å². The molecule has 0 radical (unpaired) electrons. The molecule has 6 nitrogen and oxygen atoms in total. The predicted molar refractivity (Wildman–Crippen MR) is 106 cm³/mol. The normalized spacial score (nSPS) is 20.1. The number of cyclic esters (lactones) is 1. The Morgan fingerprint density at radius 3 is 1.93 bits per heavy atom. The third-order valence-electron chi connectivity index (χ3n) is 4.41. The summed E-state index contributed by atoms with van der Waals surface area (Å²) in [5, 5.41) is 0. The molecule has 0 spiro atoms. The van der Waals surface area contributed by atoms with Crippen LogP contribution in [0.5, 0.6) is 0 Å². The van der Waals surface area contributed by atoms with Gasteiger partial charge in [0, 0.05) is 0 Å². The van der Waals surface area contributed by atoms with Gasteiger partial charge in [0.05, 0.1) is 11.1 Å². The smallest absolute Gasteiger partial charge is 0.347 e. The van der Waals surface area contributed by atoms with Crippen molar-refractivity contribution >= 4 is 41.1 Å². The van der Waals surface area contributed by atoms with Gasteiger partial charge in [0.2, 0.25) is 0 Å². The zero-order valence-electron chi connectivity index (χ0n) is 15.7. The molecule has 1 aliphatic heterocycles. The molecule has 1 saturated heterocycles. The van der Waals surface area contributed by atoms with Crippen LogP contribution in [-0.4, -0.2) is 41.1 Å². The van der Waals surface area contributed by atoms with Crippen LogP contribution in [0.15, 0.2) is 48.5 Å². The summed E-state index contributed by atoms with van der Waals surface area (Å²) < 4.78 is 13.5. The number of ether oxygens (including phenoxy) is 3. The number of aryl methyl sites for hydroxylation is 2. The molecule has 152 valence electrons. The molecule has 0 bridgehead atoms. The average molecular weight is 437 g/mol. The van der Waals surface area contributed by atoms with E-state index in [0.717, 1.165) is 11.1 Å². The minimum absolute atomic E-state index is 0.259. The Morgan fingerprint density at radius 1 is 0.931 bits per heavy atom. The third kappa shape index (κ3) is 4.71. The highest BCUT2D eigenvalue weighted by atomic mass is 35.5. The van der Waals surface area contributed by atoms with Gasteiger partial charge in [-0.2, -0.15) is 0 Å². The fourth-order valence-electron chi connectivity index (χ4n) is 2.70. The van der Waals surface area contributed by atoms with Gasteiger partial charge in [-0.15, -0.1) is 0 Å². The third-order valence-corrected chi connectivity index (χ3v) is 5.15. The van der Waals surface area contributed by atoms with Crippen LogP contribution in [0.4, 0.5) is 0 Å². The monoisotopic (exact) mass is 436 g/mol. The average Bonchev–Trinajstić information content (AvgIpc) is 2.90. The molecule has 1 aliphatic rings. The quantitative estimate of drug-likeness (QED) is 0.403. The maximum atomic E-state index is 12.4. The van der Waals surface area contributed by atoms with Crippen molar-refractivity contribution in [3.8, 4) is 0 Å². The van der Waals surface area contributed by atoms with Crippen molar-refractivity contribution in [2.45, 2.75) is 30.4 Å². The lowest BCUT2D eigenvalue weighted by atomic mass is 10.1. The summed E-state index contributed by atoms with van der Waals surface area (Å²) in [4.78, 5) is 36.6. The van der Waals surface area contributed by atoms with E-state index in [4.69, 9.17) is 37.4 Å². The van der Waals surface area contributed by atoms with E-state index in [1.165, 1.54) is 0 Å². The number of halogens is 2. The second-order valence-electron chi connectivity index (χ2n) is 6.72. The zero-order chi connectivity index (χ0) is 21.2.